The average molecular weight is 224 g/mol. The number of halogens is 2. The Labute approximate surface area is 90.8 Å². The Bertz CT molecular complexity index is 483. The summed E-state index contributed by atoms with van der Waals surface area (Å²) in [5, 5.41) is 5.45. The van der Waals surface area contributed by atoms with Gasteiger partial charge < -0.3 is 10.6 Å². The van der Waals surface area contributed by atoms with Crippen LogP contribution in [-0.2, 0) is 4.79 Å². The lowest BCUT2D eigenvalue weighted by Gasteiger charge is -2.09. The van der Waals surface area contributed by atoms with Crippen molar-refractivity contribution in [1.82, 2.24) is 0 Å². The van der Waals surface area contributed by atoms with Crippen LogP contribution in [-0.4, -0.2) is 12.5 Å². The Balaban J connectivity index is 2.06. The fourth-order valence-electron chi connectivity index (χ4n) is 1.99. The third-order valence-corrected chi connectivity index (χ3v) is 3.25. The van der Waals surface area contributed by atoms with E-state index >= 15 is 0 Å². The van der Waals surface area contributed by atoms with Gasteiger partial charge in [-0.05, 0) is 18.9 Å². The highest BCUT2D eigenvalue weighted by molar-refractivity contribution is 6.01. The van der Waals surface area contributed by atoms with E-state index in [1.165, 1.54) is 6.07 Å². The van der Waals surface area contributed by atoms with Crippen LogP contribution in [0.4, 0.5) is 20.2 Å². The highest BCUT2D eigenvalue weighted by Crippen LogP contribution is 2.48. The summed E-state index contributed by atoms with van der Waals surface area (Å²) in [6.07, 6.45) is 1.59. The number of hydrogen-bond acceptors (Lipinski definition) is 2. The van der Waals surface area contributed by atoms with Crippen LogP contribution in [0.3, 0.4) is 0 Å². The van der Waals surface area contributed by atoms with Gasteiger partial charge in [0, 0.05) is 12.6 Å². The van der Waals surface area contributed by atoms with Crippen LogP contribution in [0, 0.1) is 17.0 Å². The van der Waals surface area contributed by atoms with Gasteiger partial charge in [-0.25, -0.2) is 8.78 Å². The van der Waals surface area contributed by atoms with E-state index in [0.717, 1.165) is 18.9 Å². The summed E-state index contributed by atoms with van der Waals surface area (Å²) >= 11 is 0. The quantitative estimate of drug-likeness (QED) is 0.708. The Morgan fingerprint density at radius 1 is 1.25 bits per heavy atom. The third kappa shape index (κ3) is 1.27. The van der Waals surface area contributed by atoms with Crippen molar-refractivity contribution in [2.24, 2.45) is 5.41 Å². The number of amides is 1. The van der Waals surface area contributed by atoms with E-state index < -0.39 is 17.0 Å². The summed E-state index contributed by atoms with van der Waals surface area (Å²) in [6.45, 7) is 0.439. The number of benzene rings is 1. The van der Waals surface area contributed by atoms with Crippen LogP contribution in [0.2, 0.25) is 0 Å². The largest absolute Gasteiger partial charge is 0.382 e. The number of hydrogen-bond donors (Lipinski definition) is 2. The molecule has 1 spiro atoms. The van der Waals surface area contributed by atoms with Gasteiger partial charge in [-0.2, -0.15) is 0 Å². The molecular weight excluding hydrogens is 214 g/mol. The second kappa shape index (κ2) is 2.93. The Hall–Kier alpha value is -1.65. The van der Waals surface area contributed by atoms with E-state index in [9.17, 15) is 13.6 Å². The zero-order valence-corrected chi connectivity index (χ0v) is 8.44. The van der Waals surface area contributed by atoms with Crippen molar-refractivity contribution in [1.29, 1.82) is 0 Å². The molecule has 1 amide bonds. The lowest BCUT2D eigenvalue weighted by Crippen LogP contribution is -2.27. The monoisotopic (exact) mass is 224 g/mol. The smallest absolute Gasteiger partial charge is 0.232 e. The van der Waals surface area contributed by atoms with Crippen LogP contribution in [0.15, 0.2) is 12.1 Å². The zero-order chi connectivity index (χ0) is 11.3. The van der Waals surface area contributed by atoms with Crippen molar-refractivity contribution in [3.63, 3.8) is 0 Å². The predicted molar refractivity (Wildman–Crippen MR) is 55.1 cm³/mol. The molecule has 2 aliphatic rings. The number of carbonyl (C=O) groups excluding carboxylic acids is 1. The lowest BCUT2D eigenvalue weighted by atomic mass is 10.1. The van der Waals surface area contributed by atoms with Gasteiger partial charge in [0.2, 0.25) is 5.91 Å². The molecule has 84 valence electrons. The lowest BCUT2D eigenvalue weighted by molar-refractivity contribution is -0.120. The summed E-state index contributed by atoms with van der Waals surface area (Å²) in [5.41, 5.74) is -0.0492. The molecule has 0 bridgehead atoms. The van der Waals surface area contributed by atoms with Crippen molar-refractivity contribution in [2.45, 2.75) is 12.8 Å². The molecule has 0 radical (unpaired) electrons. The molecule has 3 rings (SSSR count). The van der Waals surface area contributed by atoms with Gasteiger partial charge in [0.15, 0.2) is 5.82 Å². The average Bonchev–Trinajstić information content (AvgIpc) is 3.00. The summed E-state index contributed by atoms with van der Waals surface area (Å²) in [5.74, 6) is -1.57. The first-order valence-electron chi connectivity index (χ1n) is 5.15. The van der Waals surface area contributed by atoms with E-state index in [2.05, 4.69) is 10.6 Å². The molecule has 0 unspecified atom stereocenters. The van der Waals surface area contributed by atoms with Crippen molar-refractivity contribution < 1.29 is 13.6 Å². The molecule has 1 aromatic carbocycles. The van der Waals surface area contributed by atoms with Crippen molar-refractivity contribution >= 4 is 17.3 Å². The van der Waals surface area contributed by atoms with E-state index in [0.29, 0.717) is 12.2 Å². The molecule has 5 heteroatoms. The number of anilines is 2. The summed E-state index contributed by atoms with van der Waals surface area (Å²) < 4.78 is 26.5. The van der Waals surface area contributed by atoms with Crippen molar-refractivity contribution in [3.05, 3.63) is 23.8 Å². The van der Waals surface area contributed by atoms with Crippen LogP contribution < -0.4 is 10.6 Å². The fraction of sp³-hybridized carbons (Fsp3) is 0.364. The van der Waals surface area contributed by atoms with E-state index in [4.69, 9.17) is 0 Å². The van der Waals surface area contributed by atoms with Gasteiger partial charge >= 0.3 is 0 Å². The number of carbonyl (C=O) groups is 1. The number of rotatable bonds is 0. The molecule has 1 aromatic rings. The molecule has 0 atom stereocenters. The van der Waals surface area contributed by atoms with Gasteiger partial charge in [0.1, 0.15) is 11.5 Å². The summed E-state index contributed by atoms with van der Waals surface area (Å²) in [6, 6.07) is 1.96. The predicted octanol–water partition coefficient (Wildman–Crippen LogP) is 2.11. The molecule has 1 heterocycles. The zero-order valence-electron chi connectivity index (χ0n) is 8.44. The molecule has 1 fully saturated rings. The minimum absolute atomic E-state index is 0.0511. The van der Waals surface area contributed by atoms with Crippen LogP contribution >= 0.6 is 0 Å². The highest BCUT2D eigenvalue weighted by Gasteiger charge is 2.51. The van der Waals surface area contributed by atoms with Gasteiger partial charge in [-0.3, -0.25) is 4.79 Å². The first-order valence-corrected chi connectivity index (χ1v) is 5.15. The van der Waals surface area contributed by atoms with Gasteiger partial charge in [-0.15, -0.1) is 0 Å². The second-order valence-electron chi connectivity index (χ2n) is 4.40. The van der Waals surface area contributed by atoms with Crippen LogP contribution in [0.1, 0.15) is 12.8 Å². The van der Waals surface area contributed by atoms with Gasteiger partial charge in [0.05, 0.1) is 11.1 Å². The Morgan fingerprint density at radius 3 is 2.69 bits per heavy atom. The topological polar surface area (TPSA) is 41.1 Å². The minimum Gasteiger partial charge on any atom is -0.382 e. The summed E-state index contributed by atoms with van der Waals surface area (Å²) in [7, 11) is 0. The van der Waals surface area contributed by atoms with Gasteiger partial charge in [-0.1, -0.05) is 0 Å². The molecule has 1 saturated carbocycles. The van der Waals surface area contributed by atoms with E-state index in [1.807, 2.05) is 0 Å². The molecule has 1 aliphatic heterocycles. The van der Waals surface area contributed by atoms with Crippen LogP contribution in [0.25, 0.3) is 0 Å². The van der Waals surface area contributed by atoms with Crippen molar-refractivity contribution in [3.8, 4) is 0 Å². The number of nitrogens with one attached hydrogen (secondary N) is 2. The molecule has 1 aliphatic carbocycles. The maximum absolute atomic E-state index is 13.5. The summed E-state index contributed by atoms with van der Waals surface area (Å²) in [4.78, 5) is 11.8. The molecular formula is C11H10F2N2O. The SMILES string of the molecule is O=C1Nc2c(F)cc(F)cc2NCC12CC2. The molecule has 0 saturated heterocycles. The third-order valence-electron chi connectivity index (χ3n) is 3.25. The standard InChI is InChI=1S/C11H10F2N2O/c12-6-3-7(13)9-8(4-6)14-5-11(1-2-11)10(16)15-9/h3-4,14H,1-2,5H2,(H,15,16). The molecule has 16 heavy (non-hydrogen) atoms. The van der Waals surface area contributed by atoms with Crippen LogP contribution in [0.5, 0.6) is 0 Å². The molecule has 2 N–H and O–H groups in total. The highest BCUT2D eigenvalue weighted by atomic mass is 19.1. The van der Waals surface area contributed by atoms with E-state index in [-0.39, 0.29) is 11.6 Å². The molecule has 3 nitrogen and oxygen atoms in total. The number of fused-ring (bicyclic) bond motifs is 1. The van der Waals surface area contributed by atoms with Gasteiger partial charge in [0.25, 0.3) is 0 Å². The Kier molecular flexibility index (Phi) is 1.75. The Morgan fingerprint density at radius 2 is 2.00 bits per heavy atom. The second-order valence-corrected chi connectivity index (χ2v) is 4.40. The maximum atomic E-state index is 13.5. The normalized spacial score (nSPS) is 20.8. The first-order chi connectivity index (χ1) is 7.61. The minimum atomic E-state index is -0.742. The van der Waals surface area contributed by atoms with Crippen molar-refractivity contribution in [2.75, 3.05) is 17.2 Å². The van der Waals surface area contributed by atoms with E-state index in [1.54, 1.807) is 0 Å². The molecule has 0 aromatic heterocycles. The maximum Gasteiger partial charge on any atom is 0.232 e. The first kappa shape index (κ1) is 9.57. The fourth-order valence-corrected chi connectivity index (χ4v) is 1.99.